The van der Waals surface area contributed by atoms with Crippen LogP contribution in [0.25, 0.3) is 11.3 Å². The number of nitrogens with one attached hydrogen (secondary N) is 2. The second-order valence-electron chi connectivity index (χ2n) is 7.99. The fraction of sp³-hybridized carbons (Fsp3) is 0.148. The van der Waals surface area contributed by atoms with Crippen molar-refractivity contribution in [3.63, 3.8) is 0 Å². The molecule has 7 heteroatoms. The lowest BCUT2D eigenvalue weighted by atomic mass is 10.1. The summed E-state index contributed by atoms with van der Waals surface area (Å²) in [5.74, 6) is 0.891. The molecule has 1 heterocycles. The second kappa shape index (κ2) is 10.0. The molecule has 0 unspecified atom stereocenters. The van der Waals surface area contributed by atoms with Crippen molar-refractivity contribution >= 4 is 17.4 Å². The monoisotopic (exact) mass is 454 g/mol. The lowest BCUT2D eigenvalue weighted by Gasteiger charge is -2.17. The Balaban J connectivity index is 1.48. The van der Waals surface area contributed by atoms with E-state index in [0.717, 1.165) is 16.7 Å². The number of aromatic nitrogens is 2. The fourth-order valence-electron chi connectivity index (χ4n) is 3.59. The number of nitrogens with zero attached hydrogens (tertiary/aromatic N) is 2. The standard InChI is InChI=1S/C27H26N4O3/c1-17-6-4-8-21(12-17)27(33)30-22-9-5-7-19(13-22)18(2)29-26-16-28-15-23(31-26)20-10-11-24(32)25(14-20)34-3/h4-16,18,32H,1-3H3,(H,29,31)(H,30,33)/t18-/m0/s1. The van der Waals surface area contributed by atoms with E-state index in [9.17, 15) is 9.90 Å². The molecule has 7 nitrogen and oxygen atoms in total. The number of methoxy groups -OCH3 is 1. The topological polar surface area (TPSA) is 96.4 Å². The van der Waals surface area contributed by atoms with Gasteiger partial charge in [-0.25, -0.2) is 4.98 Å². The first-order chi connectivity index (χ1) is 16.4. The highest BCUT2D eigenvalue weighted by atomic mass is 16.5. The van der Waals surface area contributed by atoms with Crippen molar-refractivity contribution in [3.8, 4) is 22.8 Å². The first-order valence-corrected chi connectivity index (χ1v) is 10.9. The van der Waals surface area contributed by atoms with Gasteiger partial charge in [-0.05, 0) is 61.9 Å². The zero-order valence-corrected chi connectivity index (χ0v) is 19.2. The van der Waals surface area contributed by atoms with Gasteiger partial charge in [0.25, 0.3) is 5.91 Å². The van der Waals surface area contributed by atoms with Crippen molar-refractivity contribution in [2.45, 2.75) is 19.9 Å². The average molecular weight is 455 g/mol. The first kappa shape index (κ1) is 22.8. The molecule has 1 aromatic heterocycles. The van der Waals surface area contributed by atoms with Crippen LogP contribution in [-0.4, -0.2) is 28.1 Å². The largest absolute Gasteiger partial charge is 0.504 e. The summed E-state index contributed by atoms with van der Waals surface area (Å²) in [6, 6.07) is 20.1. The number of hydrogen-bond acceptors (Lipinski definition) is 6. The van der Waals surface area contributed by atoms with Crippen LogP contribution in [0.3, 0.4) is 0 Å². The highest BCUT2D eigenvalue weighted by Gasteiger charge is 2.12. The Hall–Kier alpha value is -4.39. The van der Waals surface area contributed by atoms with E-state index in [1.807, 2.05) is 56.3 Å². The van der Waals surface area contributed by atoms with Crippen LogP contribution >= 0.6 is 0 Å². The molecular formula is C27H26N4O3. The van der Waals surface area contributed by atoms with Gasteiger partial charge in [0.1, 0.15) is 5.82 Å². The fourth-order valence-corrected chi connectivity index (χ4v) is 3.59. The predicted octanol–water partition coefficient (Wildman–Crippen LogP) is 5.59. The molecule has 4 aromatic rings. The molecule has 4 rings (SSSR count). The Bertz CT molecular complexity index is 1320. The Morgan fingerprint density at radius 1 is 1.03 bits per heavy atom. The van der Waals surface area contributed by atoms with Crippen molar-refractivity contribution in [3.05, 3.63) is 95.8 Å². The molecule has 0 saturated carbocycles. The SMILES string of the molecule is COc1cc(-c2cncc(N[C@@H](C)c3cccc(NC(=O)c4cccc(C)c4)c3)n2)ccc1O. The van der Waals surface area contributed by atoms with E-state index in [0.29, 0.717) is 28.5 Å². The van der Waals surface area contributed by atoms with Crippen molar-refractivity contribution in [2.24, 2.45) is 0 Å². The van der Waals surface area contributed by atoms with Gasteiger partial charge in [0.05, 0.1) is 31.2 Å². The summed E-state index contributed by atoms with van der Waals surface area (Å²) in [7, 11) is 1.50. The highest BCUT2D eigenvalue weighted by molar-refractivity contribution is 6.04. The lowest BCUT2D eigenvalue weighted by Crippen LogP contribution is -2.13. The highest BCUT2D eigenvalue weighted by Crippen LogP contribution is 2.31. The number of phenolic OH excluding ortho intramolecular Hbond substituents is 1. The number of aromatic hydroxyl groups is 1. The number of anilines is 2. The number of phenols is 1. The predicted molar refractivity (Wildman–Crippen MR) is 133 cm³/mol. The van der Waals surface area contributed by atoms with Gasteiger partial charge >= 0.3 is 0 Å². The van der Waals surface area contributed by atoms with Crippen LogP contribution in [0.2, 0.25) is 0 Å². The molecule has 0 aliphatic heterocycles. The molecule has 172 valence electrons. The summed E-state index contributed by atoms with van der Waals surface area (Å²) in [5.41, 5.74) is 4.78. The van der Waals surface area contributed by atoms with Crippen LogP contribution in [0.5, 0.6) is 11.5 Å². The third-order valence-corrected chi connectivity index (χ3v) is 5.40. The van der Waals surface area contributed by atoms with E-state index in [1.54, 1.807) is 36.7 Å². The maximum Gasteiger partial charge on any atom is 0.255 e. The van der Waals surface area contributed by atoms with Gasteiger partial charge in [-0.2, -0.15) is 0 Å². The van der Waals surface area contributed by atoms with Gasteiger partial charge in [0.15, 0.2) is 11.5 Å². The van der Waals surface area contributed by atoms with Gasteiger partial charge in [0.2, 0.25) is 0 Å². The van der Waals surface area contributed by atoms with Crippen molar-refractivity contribution in [1.29, 1.82) is 0 Å². The lowest BCUT2D eigenvalue weighted by molar-refractivity contribution is 0.102. The molecule has 0 bridgehead atoms. The van der Waals surface area contributed by atoms with E-state index in [2.05, 4.69) is 20.6 Å². The van der Waals surface area contributed by atoms with Crippen molar-refractivity contribution in [1.82, 2.24) is 9.97 Å². The average Bonchev–Trinajstić information content (AvgIpc) is 2.84. The van der Waals surface area contributed by atoms with Gasteiger partial charge in [-0.15, -0.1) is 0 Å². The second-order valence-corrected chi connectivity index (χ2v) is 7.99. The van der Waals surface area contributed by atoms with Crippen LogP contribution in [0.4, 0.5) is 11.5 Å². The number of carbonyl (C=O) groups is 1. The first-order valence-electron chi connectivity index (χ1n) is 10.9. The number of amides is 1. The number of rotatable bonds is 7. The molecule has 0 fully saturated rings. The Labute approximate surface area is 198 Å². The minimum Gasteiger partial charge on any atom is -0.504 e. The molecular weight excluding hydrogens is 428 g/mol. The van der Waals surface area contributed by atoms with E-state index >= 15 is 0 Å². The molecule has 3 N–H and O–H groups in total. The number of carbonyl (C=O) groups excluding carboxylic acids is 1. The van der Waals surface area contributed by atoms with Gasteiger partial charge in [-0.3, -0.25) is 9.78 Å². The maximum absolute atomic E-state index is 12.6. The summed E-state index contributed by atoms with van der Waals surface area (Å²) < 4.78 is 5.19. The molecule has 34 heavy (non-hydrogen) atoms. The molecule has 0 aliphatic rings. The number of ether oxygens (including phenoxy) is 1. The molecule has 0 saturated heterocycles. The van der Waals surface area contributed by atoms with Crippen LogP contribution in [0.15, 0.2) is 79.1 Å². The smallest absolute Gasteiger partial charge is 0.255 e. The number of benzene rings is 3. The van der Waals surface area contributed by atoms with Gasteiger partial charge < -0.3 is 20.5 Å². The Morgan fingerprint density at radius 3 is 2.65 bits per heavy atom. The normalized spacial score (nSPS) is 11.5. The minimum atomic E-state index is -0.149. The van der Waals surface area contributed by atoms with E-state index in [-0.39, 0.29) is 17.7 Å². The van der Waals surface area contributed by atoms with Gasteiger partial charge in [0, 0.05) is 16.8 Å². The quantitative estimate of drug-likeness (QED) is 0.337. The van der Waals surface area contributed by atoms with Gasteiger partial charge in [-0.1, -0.05) is 29.8 Å². The maximum atomic E-state index is 12.6. The van der Waals surface area contributed by atoms with Crippen LogP contribution < -0.4 is 15.4 Å². The molecule has 0 spiro atoms. The minimum absolute atomic E-state index is 0.0662. The third-order valence-electron chi connectivity index (χ3n) is 5.40. The summed E-state index contributed by atoms with van der Waals surface area (Å²) >= 11 is 0. The number of hydrogen-bond donors (Lipinski definition) is 3. The van der Waals surface area contributed by atoms with Crippen molar-refractivity contribution < 1.29 is 14.6 Å². The summed E-state index contributed by atoms with van der Waals surface area (Å²) in [6.07, 6.45) is 3.31. The molecule has 0 radical (unpaired) electrons. The number of aryl methyl sites for hydroxylation is 1. The molecule has 1 atom stereocenters. The third kappa shape index (κ3) is 5.32. The molecule has 1 amide bonds. The molecule has 0 aliphatic carbocycles. The van der Waals surface area contributed by atoms with E-state index in [4.69, 9.17) is 4.74 Å². The zero-order valence-electron chi connectivity index (χ0n) is 19.2. The summed E-state index contributed by atoms with van der Waals surface area (Å²) in [6.45, 7) is 3.97. The van der Waals surface area contributed by atoms with E-state index in [1.165, 1.54) is 7.11 Å². The van der Waals surface area contributed by atoms with Crippen LogP contribution in [-0.2, 0) is 0 Å². The summed E-state index contributed by atoms with van der Waals surface area (Å²) in [5, 5.41) is 16.2. The summed E-state index contributed by atoms with van der Waals surface area (Å²) in [4.78, 5) is 21.6. The van der Waals surface area contributed by atoms with Crippen LogP contribution in [0.1, 0.15) is 34.5 Å². The van der Waals surface area contributed by atoms with Crippen LogP contribution in [0, 0.1) is 6.92 Å². The Morgan fingerprint density at radius 2 is 1.85 bits per heavy atom. The zero-order chi connectivity index (χ0) is 24.1. The molecule has 3 aromatic carbocycles. The van der Waals surface area contributed by atoms with E-state index < -0.39 is 0 Å². The van der Waals surface area contributed by atoms with Crippen molar-refractivity contribution in [2.75, 3.05) is 17.7 Å². The Kier molecular flexibility index (Phi) is 6.73.